The summed E-state index contributed by atoms with van der Waals surface area (Å²) in [6.45, 7) is 0. The van der Waals surface area contributed by atoms with Gasteiger partial charge in [0.2, 0.25) is 0 Å². The van der Waals surface area contributed by atoms with Crippen molar-refractivity contribution < 1.29 is 0 Å². The lowest BCUT2D eigenvalue weighted by atomic mass is 9.70. The zero-order valence-electron chi connectivity index (χ0n) is 30.0. The number of benzene rings is 8. The molecular formula is C53H34N2. The van der Waals surface area contributed by atoms with Gasteiger partial charge in [-0.1, -0.05) is 194 Å². The standard InChI is InChI=1S/C53H34N2/c1-3-13-35(14-4-1)36-23-27-38(28-24-36)50-34-51(55-52(54-50)40-15-5-2-6-16-40)39-29-25-37(26-30-39)41-31-32-45-44-19-9-12-22-48(44)53(49(45)33-41)46-20-10-7-17-42(46)43-18-8-11-21-47(43)53/h1-34H. The summed E-state index contributed by atoms with van der Waals surface area (Å²) >= 11 is 0. The van der Waals surface area contributed by atoms with Crippen molar-refractivity contribution in [2.45, 2.75) is 5.41 Å². The first kappa shape index (κ1) is 31.4. The van der Waals surface area contributed by atoms with Crippen LogP contribution in [0.25, 0.3) is 78.4 Å². The third-order valence-electron chi connectivity index (χ3n) is 11.6. The molecule has 2 heteroatoms. The summed E-state index contributed by atoms with van der Waals surface area (Å²) in [5.74, 6) is 0.713. The molecule has 2 aliphatic carbocycles. The number of nitrogens with zero attached hydrogens (tertiary/aromatic N) is 2. The van der Waals surface area contributed by atoms with Gasteiger partial charge in [-0.2, -0.15) is 0 Å². The maximum absolute atomic E-state index is 5.12. The van der Waals surface area contributed by atoms with Crippen LogP contribution in [0.1, 0.15) is 22.3 Å². The van der Waals surface area contributed by atoms with E-state index in [0.29, 0.717) is 5.82 Å². The van der Waals surface area contributed by atoms with Crippen LogP contribution in [0, 0.1) is 0 Å². The summed E-state index contributed by atoms with van der Waals surface area (Å²) in [4.78, 5) is 10.2. The van der Waals surface area contributed by atoms with Crippen LogP contribution < -0.4 is 0 Å². The molecular weight excluding hydrogens is 665 g/mol. The van der Waals surface area contributed by atoms with Crippen molar-refractivity contribution in [3.05, 3.63) is 229 Å². The summed E-state index contributed by atoms with van der Waals surface area (Å²) in [6, 6.07) is 74.4. The Kier molecular flexibility index (Phi) is 7.11. The van der Waals surface area contributed by atoms with Gasteiger partial charge in [-0.3, -0.25) is 0 Å². The molecule has 0 atom stereocenters. The van der Waals surface area contributed by atoms with Crippen LogP contribution in [0.5, 0.6) is 0 Å². The second-order valence-electron chi connectivity index (χ2n) is 14.5. The first-order valence-electron chi connectivity index (χ1n) is 18.9. The third-order valence-corrected chi connectivity index (χ3v) is 11.6. The number of fused-ring (bicyclic) bond motifs is 10. The molecule has 2 aliphatic rings. The average molecular weight is 699 g/mol. The van der Waals surface area contributed by atoms with E-state index in [1.54, 1.807) is 0 Å². The molecule has 0 aliphatic heterocycles. The van der Waals surface area contributed by atoms with Crippen LogP contribution in [0.3, 0.4) is 0 Å². The van der Waals surface area contributed by atoms with Crippen molar-refractivity contribution in [3.8, 4) is 78.4 Å². The van der Waals surface area contributed by atoms with Gasteiger partial charge >= 0.3 is 0 Å². The highest BCUT2D eigenvalue weighted by atomic mass is 14.9. The lowest BCUT2D eigenvalue weighted by Gasteiger charge is -2.30. The molecule has 0 saturated carbocycles. The Bertz CT molecular complexity index is 2830. The van der Waals surface area contributed by atoms with Gasteiger partial charge in [0.1, 0.15) is 0 Å². The third kappa shape index (κ3) is 4.89. The predicted octanol–water partition coefficient (Wildman–Crippen LogP) is 13.2. The van der Waals surface area contributed by atoms with E-state index in [-0.39, 0.29) is 5.41 Å². The van der Waals surface area contributed by atoms with Gasteiger partial charge in [0.25, 0.3) is 0 Å². The fourth-order valence-corrected chi connectivity index (χ4v) is 9.03. The molecule has 55 heavy (non-hydrogen) atoms. The largest absolute Gasteiger partial charge is 0.228 e. The SMILES string of the molecule is c1ccc(-c2ccc(-c3cc(-c4ccc(-c5ccc6c(c5)C5(c7ccccc7-c7ccccc75)c5ccccc5-6)cc4)nc(-c4ccccc4)n3)cc2)cc1. The molecule has 0 N–H and O–H groups in total. The Morgan fingerprint density at radius 3 is 1.13 bits per heavy atom. The fourth-order valence-electron chi connectivity index (χ4n) is 9.03. The van der Waals surface area contributed by atoms with Gasteiger partial charge in [-0.25, -0.2) is 9.97 Å². The summed E-state index contributed by atoms with van der Waals surface area (Å²) in [5.41, 5.74) is 20.0. The number of aromatic nitrogens is 2. The first-order valence-corrected chi connectivity index (χ1v) is 18.9. The van der Waals surface area contributed by atoms with E-state index in [4.69, 9.17) is 9.97 Å². The highest BCUT2D eigenvalue weighted by molar-refractivity contribution is 5.96. The van der Waals surface area contributed by atoms with E-state index in [2.05, 4.69) is 182 Å². The lowest BCUT2D eigenvalue weighted by molar-refractivity contribution is 0.794. The van der Waals surface area contributed by atoms with E-state index < -0.39 is 0 Å². The van der Waals surface area contributed by atoms with E-state index in [1.165, 1.54) is 66.8 Å². The topological polar surface area (TPSA) is 25.8 Å². The zero-order valence-corrected chi connectivity index (χ0v) is 30.0. The summed E-state index contributed by atoms with van der Waals surface area (Å²) in [7, 11) is 0. The predicted molar refractivity (Wildman–Crippen MR) is 226 cm³/mol. The molecule has 0 bridgehead atoms. The molecule has 0 unspecified atom stereocenters. The van der Waals surface area contributed by atoms with Crippen LogP contribution in [-0.4, -0.2) is 9.97 Å². The Morgan fingerprint density at radius 2 is 0.618 bits per heavy atom. The monoisotopic (exact) mass is 698 g/mol. The molecule has 0 fully saturated rings. The van der Waals surface area contributed by atoms with Crippen LogP contribution in [0.4, 0.5) is 0 Å². The highest BCUT2D eigenvalue weighted by Gasteiger charge is 2.51. The smallest absolute Gasteiger partial charge is 0.160 e. The number of hydrogen-bond donors (Lipinski definition) is 0. The average Bonchev–Trinajstić information content (AvgIpc) is 3.74. The molecule has 11 rings (SSSR count). The summed E-state index contributed by atoms with van der Waals surface area (Å²) in [5, 5.41) is 0. The van der Waals surface area contributed by atoms with E-state index in [0.717, 1.165) is 28.1 Å². The second-order valence-corrected chi connectivity index (χ2v) is 14.5. The minimum Gasteiger partial charge on any atom is -0.228 e. The van der Waals surface area contributed by atoms with Crippen LogP contribution in [0.2, 0.25) is 0 Å². The molecule has 1 aromatic heterocycles. The van der Waals surface area contributed by atoms with Crippen LogP contribution >= 0.6 is 0 Å². The Balaban J connectivity index is 1.00. The molecule has 2 nitrogen and oxygen atoms in total. The van der Waals surface area contributed by atoms with Crippen molar-refractivity contribution in [1.82, 2.24) is 9.97 Å². The normalized spacial score (nSPS) is 12.9. The lowest BCUT2D eigenvalue weighted by Crippen LogP contribution is -2.25. The molecule has 0 amide bonds. The van der Waals surface area contributed by atoms with Crippen molar-refractivity contribution in [2.24, 2.45) is 0 Å². The first-order chi connectivity index (χ1) is 27.3. The van der Waals surface area contributed by atoms with Crippen LogP contribution in [-0.2, 0) is 5.41 Å². The Labute approximate surface area is 321 Å². The van der Waals surface area contributed by atoms with Crippen molar-refractivity contribution >= 4 is 0 Å². The molecule has 0 radical (unpaired) electrons. The highest BCUT2D eigenvalue weighted by Crippen LogP contribution is 2.63. The molecule has 256 valence electrons. The van der Waals surface area contributed by atoms with Crippen molar-refractivity contribution in [2.75, 3.05) is 0 Å². The molecule has 1 spiro atoms. The van der Waals surface area contributed by atoms with Gasteiger partial charge in [0.15, 0.2) is 5.82 Å². The van der Waals surface area contributed by atoms with Gasteiger partial charge in [-0.15, -0.1) is 0 Å². The minimum atomic E-state index is -0.362. The summed E-state index contributed by atoms with van der Waals surface area (Å²) in [6.07, 6.45) is 0. The fraction of sp³-hybridized carbons (Fsp3) is 0.0189. The maximum Gasteiger partial charge on any atom is 0.160 e. The summed E-state index contributed by atoms with van der Waals surface area (Å²) < 4.78 is 0. The quantitative estimate of drug-likeness (QED) is 0.179. The number of rotatable bonds is 5. The molecule has 8 aromatic carbocycles. The second kappa shape index (κ2) is 12.5. The van der Waals surface area contributed by atoms with Gasteiger partial charge in [0, 0.05) is 16.7 Å². The van der Waals surface area contributed by atoms with E-state index in [9.17, 15) is 0 Å². The Hall–Kier alpha value is -7.16. The van der Waals surface area contributed by atoms with E-state index in [1.807, 2.05) is 24.3 Å². The van der Waals surface area contributed by atoms with Crippen molar-refractivity contribution in [3.63, 3.8) is 0 Å². The van der Waals surface area contributed by atoms with Gasteiger partial charge in [0.05, 0.1) is 16.8 Å². The molecule has 9 aromatic rings. The molecule has 0 saturated heterocycles. The van der Waals surface area contributed by atoms with Gasteiger partial charge < -0.3 is 0 Å². The van der Waals surface area contributed by atoms with Gasteiger partial charge in [-0.05, 0) is 78.9 Å². The number of hydrogen-bond acceptors (Lipinski definition) is 2. The maximum atomic E-state index is 5.12. The van der Waals surface area contributed by atoms with E-state index >= 15 is 0 Å². The van der Waals surface area contributed by atoms with Crippen molar-refractivity contribution in [1.29, 1.82) is 0 Å². The zero-order chi connectivity index (χ0) is 36.3. The minimum absolute atomic E-state index is 0.362. The Morgan fingerprint density at radius 1 is 0.255 bits per heavy atom. The van der Waals surface area contributed by atoms with Crippen LogP contribution in [0.15, 0.2) is 206 Å². The molecule has 1 heterocycles.